The van der Waals surface area contributed by atoms with Gasteiger partial charge in [-0.2, -0.15) is 0 Å². The molecule has 21 heavy (non-hydrogen) atoms. The van der Waals surface area contributed by atoms with Crippen molar-refractivity contribution in [3.8, 4) is 11.5 Å². The van der Waals surface area contributed by atoms with E-state index in [9.17, 15) is 5.11 Å². The summed E-state index contributed by atoms with van der Waals surface area (Å²) in [5.74, 6) is 0.755. The third-order valence-corrected chi connectivity index (χ3v) is 3.43. The number of phenols is 1. The fourth-order valence-corrected chi connectivity index (χ4v) is 2.17. The molecule has 0 fully saturated rings. The summed E-state index contributed by atoms with van der Waals surface area (Å²) in [6, 6.07) is 5.16. The maximum Gasteiger partial charge on any atom is 0.128 e. The number of ether oxygens (including phenoxy) is 1. The number of nitrogens with zero attached hydrogens (tertiary/aromatic N) is 1. The van der Waals surface area contributed by atoms with Crippen molar-refractivity contribution in [1.29, 1.82) is 0 Å². The van der Waals surface area contributed by atoms with Crippen molar-refractivity contribution in [3.63, 3.8) is 0 Å². The van der Waals surface area contributed by atoms with E-state index in [1.165, 1.54) is 0 Å². The molecule has 4 heteroatoms. The smallest absolute Gasteiger partial charge is 0.128 e. The maximum atomic E-state index is 10.1. The minimum absolute atomic E-state index is 0.104. The summed E-state index contributed by atoms with van der Waals surface area (Å²) in [5, 5.41) is 22.5. The van der Waals surface area contributed by atoms with Crippen molar-refractivity contribution in [2.75, 3.05) is 6.61 Å². The Kier molecular flexibility index (Phi) is 8.32. The lowest BCUT2D eigenvalue weighted by Crippen LogP contribution is -2.03. The average molecular weight is 293 g/mol. The third-order valence-electron chi connectivity index (χ3n) is 3.43. The van der Waals surface area contributed by atoms with Gasteiger partial charge in [0.15, 0.2) is 0 Å². The molecule has 0 bridgehead atoms. The summed E-state index contributed by atoms with van der Waals surface area (Å²) in [5.41, 5.74) is 1.10. The first-order valence-corrected chi connectivity index (χ1v) is 7.90. The van der Waals surface area contributed by atoms with E-state index >= 15 is 0 Å². The van der Waals surface area contributed by atoms with E-state index < -0.39 is 0 Å². The number of oxime groups is 1. The molecular weight excluding hydrogens is 266 g/mol. The molecular formula is C17H27NO3. The number of rotatable bonds is 10. The van der Waals surface area contributed by atoms with Crippen LogP contribution in [0.4, 0.5) is 0 Å². The quantitative estimate of drug-likeness (QED) is 0.284. The fourth-order valence-electron chi connectivity index (χ4n) is 2.17. The summed E-state index contributed by atoms with van der Waals surface area (Å²) in [6.45, 7) is 4.93. The van der Waals surface area contributed by atoms with E-state index in [0.29, 0.717) is 30.1 Å². The molecule has 0 atom stereocenters. The monoisotopic (exact) mass is 293 g/mol. The van der Waals surface area contributed by atoms with Gasteiger partial charge in [-0.3, -0.25) is 0 Å². The highest BCUT2D eigenvalue weighted by atomic mass is 16.5. The molecule has 1 rings (SSSR count). The lowest BCUT2D eigenvalue weighted by Gasteiger charge is -2.10. The molecule has 0 amide bonds. The van der Waals surface area contributed by atoms with E-state index in [1.54, 1.807) is 12.1 Å². The molecule has 0 saturated carbocycles. The zero-order chi connectivity index (χ0) is 15.5. The van der Waals surface area contributed by atoms with Crippen molar-refractivity contribution in [2.45, 2.75) is 58.8 Å². The first-order chi connectivity index (χ1) is 10.2. The van der Waals surface area contributed by atoms with Crippen LogP contribution >= 0.6 is 0 Å². The Morgan fingerprint density at radius 2 is 1.81 bits per heavy atom. The van der Waals surface area contributed by atoms with E-state index in [4.69, 9.17) is 9.94 Å². The Morgan fingerprint density at radius 1 is 1.10 bits per heavy atom. The van der Waals surface area contributed by atoms with Gasteiger partial charge in [-0.1, -0.05) is 44.7 Å². The van der Waals surface area contributed by atoms with Crippen LogP contribution in [-0.2, 0) is 0 Å². The SMILES string of the molecule is CCCCCOc1ccc(C(CCCCC)=NO)c(O)c1. The second kappa shape index (κ2) is 10.1. The van der Waals surface area contributed by atoms with Crippen LogP contribution in [0.1, 0.15) is 64.4 Å². The van der Waals surface area contributed by atoms with E-state index in [1.807, 2.05) is 6.07 Å². The van der Waals surface area contributed by atoms with E-state index in [-0.39, 0.29) is 5.75 Å². The second-order valence-corrected chi connectivity index (χ2v) is 5.24. The van der Waals surface area contributed by atoms with Gasteiger partial charge in [-0.05, 0) is 31.4 Å². The van der Waals surface area contributed by atoms with Crippen LogP contribution in [0.3, 0.4) is 0 Å². The standard InChI is InChI=1S/C17H27NO3/c1-3-5-7-9-16(18-20)15-11-10-14(13-17(15)19)21-12-8-6-4-2/h10-11,13,19-20H,3-9,12H2,1-2H3. The van der Waals surface area contributed by atoms with Crippen LogP contribution < -0.4 is 4.74 Å². The van der Waals surface area contributed by atoms with Crippen LogP contribution in [0.15, 0.2) is 23.4 Å². The Bertz CT molecular complexity index is 444. The van der Waals surface area contributed by atoms with Gasteiger partial charge in [0, 0.05) is 11.6 Å². The molecule has 0 unspecified atom stereocenters. The van der Waals surface area contributed by atoms with Crippen LogP contribution in [0.25, 0.3) is 0 Å². The van der Waals surface area contributed by atoms with Crippen molar-refractivity contribution in [3.05, 3.63) is 23.8 Å². The molecule has 0 radical (unpaired) electrons. The molecule has 0 aliphatic heterocycles. The summed E-state index contributed by atoms with van der Waals surface area (Å²) < 4.78 is 5.59. The summed E-state index contributed by atoms with van der Waals surface area (Å²) in [6.07, 6.45) is 7.11. The maximum absolute atomic E-state index is 10.1. The number of hydrogen-bond acceptors (Lipinski definition) is 4. The average Bonchev–Trinajstić information content (AvgIpc) is 2.49. The van der Waals surface area contributed by atoms with Gasteiger partial charge < -0.3 is 15.1 Å². The van der Waals surface area contributed by atoms with Crippen molar-refractivity contribution >= 4 is 5.71 Å². The zero-order valence-corrected chi connectivity index (χ0v) is 13.1. The van der Waals surface area contributed by atoms with Gasteiger partial charge in [-0.15, -0.1) is 0 Å². The van der Waals surface area contributed by atoms with Gasteiger partial charge in [0.1, 0.15) is 11.5 Å². The van der Waals surface area contributed by atoms with Gasteiger partial charge in [0.25, 0.3) is 0 Å². The predicted octanol–water partition coefficient (Wildman–Crippen LogP) is 4.72. The molecule has 0 saturated heterocycles. The Morgan fingerprint density at radius 3 is 2.43 bits per heavy atom. The Balaban J connectivity index is 2.63. The highest BCUT2D eigenvalue weighted by Gasteiger charge is 2.11. The molecule has 0 aliphatic carbocycles. The molecule has 1 aromatic carbocycles. The first kappa shape index (κ1) is 17.3. The van der Waals surface area contributed by atoms with Gasteiger partial charge in [-0.25, -0.2) is 0 Å². The molecule has 4 nitrogen and oxygen atoms in total. The Hall–Kier alpha value is -1.71. The number of aromatic hydroxyl groups is 1. The number of benzene rings is 1. The number of unbranched alkanes of at least 4 members (excludes halogenated alkanes) is 4. The van der Waals surface area contributed by atoms with Crippen molar-refractivity contribution in [2.24, 2.45) is 5.16 Å². The number of phenolic OH excluding ortho intramolecular Hbond substituents is 1. The third kappa shape index (κ3) is 6.06. The highest BCUT2D eigenvalue weighted by molar-refractivity contribution is 6.02. The largest absolute Gasteiger partial charge is 0.507 e. The van der Waals surface area contributed by atoms with Gasteiger partial charge >= 0.3 is 0 Å². The van der Waals surface area contributed by atoms with Gasteiger partial charge in [0.05, 0.1) is 12.3 Å². The van der Waals surface area contributed by atoms with Crippen molar-refractivity contribution < 1.29 is 15.1 Å². The van der Waals surface area contributed by atoms with Gasteiger partial charge in [0.2, 0.25) is 0 Å². The van der Waals surface area contributed by atoms with Crippen LogP contribution in [0, 0.1) is 0 Å². The summed E-state index contributed by atoms with van der Waals surface area (Å²) in [7, 11) is 0. The molecule has 1 aromatic rings. The summed E-state index contributed by atoms with van der Waals surface area (Å²) in [4.78, 5) is 0. The molecule has 2 N–H and O–H groups in total. The molecule has 0 spiro atoms. The summed E-state index contributed by atoms with van der Waals surface area (Å²) >= 11 is 0. The lowest BCUT2D eigenvalue weighted by molar-refractivity contribution is 0.304. The molecule has 0 aromatic heterocycles. The second-order valence-electron chi connectivity index (χ2n) is 5.24. The van der Waals surface area contributed by atoms with Crippen molar-refractivity contribution in [1.82, 2.24) is 0 Å². The lowest BCUT2D eigenvalue weighted by atomic mass is 10.0. The fraction of sp³-hybridized carbons (Fsp3) is 0.588. The van der Waals surface area contributed by atoms with E-state index in [0.717, 1.165) is 38.5 Å². The number of hydrogen-bond donors (Lipinski definition) is 2. The van der Waals surface area contributed by atoms with Crippen LogP contribution in [0.5, 0.6) is 11.5 Å². The minimum Gasteiger partial charge on any atom is -0.507 e. The predicted molar refractivity (Wildman–Crippen MR) is 85.6 cm³/mol. The highest BCUT2D eigenvalue weighted by Crippen LogP contribution is 2.26. The topological polar surface area (TPSA) is 62.0 Å². The van der Waals surface area contributed by atoms with Crippen LogP contribution in [-0.4, -0.2) is 22.6 Å². The van der Waals surface area contributed by atoms with E-state index in [2.05, 4.69) is 19.0 Å². The first-order valence-electron chi connectivity index (χ1n) is 7.90. The van der Waals surface area contributed by atoms with Crippen LogP contribution in [0.2, 0.25) is 0 Å². The normalized spacial score (nSPS) is 11.6. The molecule has 118 valence electrons. The Labute approximate surface area is 127 Å². The minimum atomic E-state index is 0.104. The molecule has 0 aliphatic rings. The molecule has 0 heterocycles. The zero-order valence-electron chi connectivity index (χ0n) is 13.1.